The van der Waals surface area contributed by atoms with Crippen molar-refractivity contribution in [3.8, 4) is 0 Å². The number of hydrogen-bond acceptors (Lipinski definition) is 4. The number of pyridine rings is 1. The number of aryl methyl sites for hydroxylation is 1. The summed E-state index contributed by atoms with van der Waals surface area (Å²) in [5.74, 6) is 0.109. The van der Waals surface area contributed by atoms with E-state index in [9.17, 15) is 4.79 Å². The molecule has 0 spiro atoms. The van der Waals surface area contributed by atoms with E-state index in [0.717, 1.165) is 5.56 Å². The number of carbonyl (C=O) groups excluding carboxylic acids is 1. The Kier molecular flexibility index (Phi) is 3.09. The number of rotatable bonds is 3. The molecule has 0 aliphatic carbocycles. The van der Waals surface area contributed by atoms with Gasteiger partial charge in [0.05, 0.1) is 5.56 Å². The van der Waals surface area contributed by atoms with E-state index < -0.39 is 5.60 Å². The third kappa shape index (κ3) is 2.15. The molecule has 1 aromatic rings. The first-order chi connectivity index (χ1) is 6.90. The summed E-state index contributed by atoms with van der Waals surface area (Å²) < 4.78 is 5.13. The Bertz CT molecular complexity index is 366. The topological polar surface area (TPSA) is 65.2 Å². The summed E-state index contributed by atoms with van der Waals surface area (Å²) in [6.07, 6.45) is 1.58. The van der Waals surface area contributed by atoms with Gasteiger partial charge in [0.15, 0.2) is 5.78 Å². The molecule has 0 amide bonds. The number of nitrogens with zero attached hydrogens (tertiary/aromatic N) is 1. The quantitative estimate of drug-likeness (QED) is 0.766. The molecule has 0 aliphatic rings. The molecular formula is C11H16N2O2. The number of ketones is 1. The van der Waals surface area contributed by atoms with Crippen molar-refractivity contribution in [2.75, 3.05) is 12.8 Å². The van der Waals surface area contributed by atoms with Crippen LogP contribution in [-0.4, -0.2) is 23.5 Å². The maximum absolute atomic E-state index is 12.1. The summed E-state index contributed by atoms with van der Waals surface area (Å²) in [5.41, 5.74) is 6.08. The molecule has 0 fully saturated rings. The largest absolute Gasteiger partial charge is 0.383 e. The first-order valence-corrected chi connectivity index (χ1v) is 4.71. The van der Waals surface area contributed by atoms with Crippen LogP contribution in [0.2, 0.25) is 0 Å². The Balaban J connectivity index is 3.23. The summed E-state index contributed by atoms with van der Waals surface area (Å²) in [6.45, 7) is 5.25. The molecule has 82 valence electrons. The van der Waals surface area contributed by atoms with Crippen molar-refractivity contribution < 1.29 is 9.53 Å². The van der Waals surface area contributed by atoms with Gasteiger partial charge in [-0.05, 0) is 32.4 Å². The Morgan fingerprint density at radius 3 is 2.60 bits per heavy atom. The van der Waals surface area contributed by atoms with Gasteiger partial charge in [0, 0.05) is 13.3 Å². The van der Waals surface area contributed by atoms with Gasteiger partial charge in [0.25, 0.3) is 0 Å². The van der Waals surface area contributed by atoms with Crippen LogP contribution in [0.3, 0.4) is 0 Å². The highest BCUT2D eigenvalue weighted by atomic mass is 16.5. The van der Waals surface area contributed by atoms with Crippen molar-refractivity contribution in [3.05, 3.63) is 23.4 Å². The molecule has 4 nitrogen and oxygen atoms in total. The number of methoxy groups -OCH3 is 1. The second kappa shape index (κ2) is 3.98. The van der Waals surface area contributed by atoms with Gasteiger partial charge in [-0.25, -0.2) is 4.98 Å². The van der Waals surface area contributed by atoms with E-state index in [2.05, 4.69) is 4.98 Å². The fourth-order valence-corrected chi connectivity index (χ4v) is 1.27. The van der Waals surface area contributed by atoms with Gasteiger partial charge in [-0.1, -0.05) is 0 Å². The monoisotopic (exact) mass is 208 g/mol. The van der Waals surface area contributed by atoms with E-state index in [1.165, 1.54) is 7.11 Å². The third-order valence-electron chi connectivity index (χ3n) is 2.47. The molecule has 0 atom stereocenters. The minimum absolute atomic E-state index is 0.145. The zero-order valence-corrected chi connectivity index (χ0v) is 9.50. The molecule has 1 heterocycles. The normalized spacial score (nSPS) is 11.5. The van der Waals surface area contributed by atoms with E-state index in [1.807, 2.05) is 6.92 Å². The molecule has 1 aromatic heterocycles. The van der Waals surface area contributed by atoms with Crippen LogP contribution in [0, 0.1) is 6.92 Å². The molecule has 0 saturated carbocycles. The van der Waals surface area contributed by atoms with Gasteiger partial charge < -0.3 is 10.5 Å². The molecule has 0 radical (unpaired) electrons. The first-order valence-electron chi connectivity index (χ1n) is 4.71. The standard InChI is InChI=1S/C11H16N2O2/c1-7-5-6-13-10(12)8(7)9(14)11(2,3)15-4/h5-6H,1-4H3,(H2,12,13). The molecule has 1 rings (SSSR count). The average molecular weight is 208 g/mol. The zero-order valence-electron chi connectivity index (χ0n) is 9.50. The number of ether oxygens (including phenoxy) is 1. The molecule has 0 aliphatic heterocycles. The van der Waals surface area contributed by atoms with Crippen LogP contribution in [0.15, 0.2) is 12.3 Å². The van der Waals surface area contributed by atoms with Crippen LogP contribution in [0.5, 0.6) is 0 Å². The Morgan fingerprint density at radius 1 is 1.53 bits per heavy atom. The minimum Gasteiger partial charge on any atom is -0.383 e. The number of Topliss-reactive ketones (excluding diaryl/α,β-unsaturated/α-hetero) is 1. The molecule has 0 aromatic carbocycles. The van der Waals surface area contributed by atoms with Gasteiger partial charge in [0.2, 0.25) is 0 Å². The van der Waals surface area contributed by atoms with Crippen LogP contribution in [0.4, 0.5) is 5.82 Å². The van der Waals surface area contributed by atoms with Crippen LogP contribution in [0.1, 0.15) is 29.8 Å². The number of hydrogen-bond donors (Lipinski definition) is 1. The fourth-order valence-electron chi connectivity index (χ4n) is 1.27. The number of nitrogens with two attached hydrogens (primary N) is 1. The molecule has 4 heteroatoms. The first kappa shape index (κ1) is 11.7. The number of nitrogen functional groups attached to an aromatic ring is 1. The fraction of sp³-hybridized carbons (Fsp3) is 0.455. The third-order valence-corrected chi connectivity index (χ3v) is 2.47. The van der Waals surface area contributed by atoms with Gasteiger partial charge in [-0.15, -0.1) is 0 Å². The lowest BCUT2D eigenvalue weighted by Crippen LogP contribution is -2.35. The predicted octanol–water partition coefficient (Wildman–Crippen LogP) is 1.58. The number of carbonyl (C=O) groups is 1. The lowest BCUT2D eigenvalue weighted by Gasteiger charge is -2.22. The summed E-state index contributed by atoms with van der Waals surface area (Å²) >= 11 is 0. The summed E-state index contributed by atoms with van der Waals surface area (Å²) in [4.78, 5) is 16.0. The lowest BCUT2D eigenvalue weighted by atomic mass is 9.94. The molecule has 0 unspecified atom stereocenters. The maximum atomic E-state index is 12.1. The SMILES string of the molecule is COC(C)(C)C(=O)c1c(C)ccnc1N. The van der Waals surface area contributed by atoms with Crippen LogP contribution >= 0.6 is 0 Å². The van der Waals surface area contributed by atoms with Crippen molar-refractivity contribution in [2.45, 2.75) is 26.4 Å². The van der Waals surface area contributed by atoms with Gasteiger partial charge in [-0.3, -0.25) is 4.79 Å². The highest BCUT2D eigenvalue weighted by Gasteiger charge is 2.30. The van der Waals surface area contributed by atoms with Crippen LogP contribution in [0.25, 0.3) is 0 Å². The van der Waals surface area contributed by atoms with Gasteiger partial charge in [0.1, 0.15) is 11.4 Å². The molecular weight excluding hydrogens is 192 g/mol. The molecule has 0 saturated heterocycles. The van der Waals surface area contributed by atoms with Crippen molar-refractivity contribution >= 4 is 11.6 Å². The molecule has 0 bridgehead atoms. The van der Waals surface area contributed by atoms with Crippen molar-refractivity contribution in [3.63, 3.8) is 0 Å². The van der Waals surface area contributed by atoms with Crippen LogP contribution < -0.4 is 5.73 Å². The highest BCUT2D eigenvalue weighted by molar-refractivity contribution is 6.06. The number of aromatic nitrogens is 1. The second-order valence-corrected chi connectivity index (χ2v) is 3.93. The molecule has 15 heavy (non-hydrogen) atoms. The summed E-state index contributed by atoms with van der Waals surface area (Å²) in [5, 5.41) is 0. The van der Waals surface area contributed by atoms with Crippen molar-refractivity contribution in [1.82, 2.24) is 4.98 Å². The van der Waals surface area contributed by atoms with E-state index in [-0.39, 0.29) is 11.6 Å². The van der Waals surface area contributed by atoms with Gasteiger partial charge in [-0.2, -0.15) is 0 Å². The Labute approximate surface area is 89.5 Å². The van der Waals surface area contributed by atoms with E-state index in [0.29, 0.717) is 5.56 Å². The van der Waals surface area contributed by atoms with E-state index >= 15 is 0 Å². The van der Waals surface area contributed by atoms with E-state index in [1.54, 1.807) is 26.1 Å². The average Bonchev–Trinajstić information content (AvgIpc) is 2.17. The highest BCUT2D eigenvalue weighted by Crippen LogP contribution is 2.22. The van der Waals surface area contributed by atoms with Crippen LogP contribution in [-0.2, 0) is 4.74 Å². The molecule has 2 N–H and O–H groups in total. The lowest BCUT2D eigenvalue weighted by molar-refractivity contribution is 0.0228. The Hall–Kier alpha value is -1.42. The second-order valence-electron chi connectivity index (χ2n) is 3.93. The van der Waals surface area contributed by atoms with Crippen molar-refractivity contribution in [1.29, 1.82) is 0 Å². The van der Waals surface area contributed by atoms with Crippen molar-refractivity contribution in [2.24, 2.45) is 0 Å². The zero-order chi connectivity index (χ0) is 11.6. The number of anilines is 1. The smallest absolute Gasteiger partial charge is 0.197 e. The minimum atomic E-state index is -0.873. The van der Waals surface area contributed by atoms with E-state index in [4.69, 9.17) is 10.5 Å². The Morgan fingerprint density at radius 2 is 2.13 bits per heavy atom. The predicted molar refractivity (Wildman–Crippen MR) is 58.8 cm³/mol. The maximum Gasteiger partial charge on any atom is 0.197 e. The summed E-state index contributed by atoms with van der Waals surface area (Å²) in [6, 6.07) is 1.76. The summed E-state index contributed by atoms with van der Waals surface area (Å²) in [7, 11) is 1.50. The van der Waals surface area contributed by atoms with Gasteiger partial charge >= 0.3 is 0 Å².